The number of rotatable bonds is 3. The number of nitrogens with zero attached hydrogens (tertiary/aromatic N) is 1. The number of nitrogens with one attached hydrogen (secondary N) is 1. The number of amides is 1. The van der Waals surface area contributed by atoms with Gasteiger partial charge < -0.3 is 10.1 Å². The fourth-order valence-electron chi connectivity index (χ4n) is 3.79. The van der Waals surface area contributed by atoms with Crippen LogP contribution in [0, 0.1) is 5.92 Å². The molecular weight excluding hydrogens is 276 g/mol. The Morgan fingerprint density at radius 2 is 2.00 bits per heavy atom. The first-order valence-corrected chi connectivity index (χ1v) is 8.11. The Hall–Kier alpha value is -1.55. The highest BCUT2D eigenvalue weighted by atomic mass is 16.6. The Balaban J connectivity index is 1.58. The highest BCUT2D eigenvalue weighted by molar-refractivity contribution is 5.69. The number of fused-ring (bicyclic) bond motifs is 2. The number of alkyl carbamates (subject to hydrolysis) is 1. The SMILES string of the molecule is CC(C)(C)OC(=O)NC12CC(CN(Cc3ccccc3)C1)C2. The average molecular weight is 302 g/mol. The summed E-state index contributed by atoms with van der Waals surface area (Å²) in [6.45, 7) is 8.70. The van der Waals surface area contributed by atoms with E-state index in [1.165, 1.54) is 5.56 Å². The van der Waals surface area contributed by atoms with Crippen LogP contribution in [0.2, 0.25) is 0 Å². The van der Waals surface area contributed by atoms with Gasteiger partial charge >= 0.3 is 6.09 Å². The van der Waals surface area contributed by atoms with Gasteiger partial charge in [0.15, 0.2) is 0 Å². The summed E-state index contributed by atoms with van der Waals surface area (Å²) in [5, 5.41) is 3.13. The third-order valence-electron chi connectivity index (χ3n) is 4.42. The molecule has 1 aromatic rings. The van der Waals surface area contributed by atoms with Crippen LogP contribution in [0.1, 0.15) is 39.2 Å². The average Bonchev–Trinajstić information content (AvgIpc) is 2.35. The quantitative estimate of drug-likeness (QED) is 0.932. The molecule has 4 heteroatoms. The van der Waals surface area contributed by atoms with Crippen molar-refractivity contribution in [1.29, 1.82) is 0 Å². The molecule has 3 fully saturated rings. The molecule has 4 nitrogen and oxygen atoms in total. The van der Waals surface area contributed by atoms with Crippen molar-refractivity contribution >= 4 is 6.09 Å². The number of hydrogen-bond acceptors (Lipinski definition) is 3. The first-order chi connectivity index (χ1) is 10.3. The fraction of sp³-hybridized carbons (Fsp3) is 0.611. The van der Waals surface area contributed by atoms with Crippen LogP contribution in [0.4, 0.5) is 4.79 Å². The van der Waals surface area contributed by atoms with Gasteiger partial charge in [0.05, 0.1) is 5.54 Å². The summed E-state index contributed by atoms with van der Waals surface area (Å²) >= 11 is 0. The maximum absolute atomic E-state index is 12.1. The first-order valence-electron chi connectivity index (χ1n) is 8.11. The van der Waals surface area contributed by atoms with E-state index in [2.05, 4.69) is 34.5 Å². The van der Waals surface area contributed by atoms with Crippen molar-refractivity contribution < 1.29 is 9.53 Å². The Morgan fingerprint density at radius 3 is 2.64 bits per heavy atom. The zero-order valence-electron chi connectivity index (χ0n) is 13.8. The van der Waals surface area contributed by atoms with Crippen LogP contribution < -0.4 is 5.32 Å². The molecule has 2 heterocycles. The van der Waals surface area contributed by atoms with Gasteiger partial charge in [-0.3, -0.25) is 4.90 Å². The summed E-state index contributed by atoms with van der Waals surface area (Å²) in [7, 11) is 0. The minimum atomic E-state index is -0.442. The number of piperidine rings is 2. The molecule has 1 N–H and O–H groups in total. The van der Waals surface area contributed by atoms with Gasteiger partial charge in [-0.05, 0) is 45.1 Å². The molecule has 120 valence electrons. The van der Waals surface area contributed by atoms with Crippen LogP contribution in [0.25, 0.3) is 0 Å². The highest BCUT2D eigenvalue weighted by Crippen LogP contribution is 2.43. The van der Waals surface area contributed by atoms with E-state index in [9.17, 15) is 4.79 Å². The standard InChI is InChI=1S/C18H26N2O2/c1-17(2,3)22-16(21)19-18-9-15(10-18)12-20(13-18)11-14-7-5-4-6-8-14/h4-8,15H,9-13H2,1-3H3,(H,19,21). The highest BCUT2D eigenvalue weighted by Gasteiger charge is 2.51. The van der Waals surface area contributed by atoms with Crippen molar-refractivity contribution in [3.63, 3.8) is 0 Å². The summed E-state index contributed by atoms with van der Waals surface area (Å²) in [4.78, 5) is 14.5. The van der Waals surface area contributed by atoms with E-state index in [0.29, 0.717) is 5.92 Å². The minimum Gasteiger partial charge on any atom is -0.444 e. The zero-order chi connectivity index (χ0) is 15.8. The second-order valence-electron chi connectivity index (χ2n) is 7.84. The summed E-state index contributed by atoms with van der Waals surface area (Å²) in [6.07, 6.45) is 1.88. The molecule has 2 saturated heterocycles. The molecule has 22 heavy (non-hydrogen) atoms. The summed E-state index contributed by atoms with van der Waals surface area (Å²) in [5.41, 5.74) is 0.804. The van der Waals surface area contributed by atoms with Gasteiger partial charge in [-0.25, -0.2) is 4.79 Å². The van der Waals surface area contributed by atoms with E-state index in [1.807, 2.05) is 26.8 Å². The normalized spacial score (nSPS) is 27.9. The molecule has 1 saturated carbocycles. The third-order valence-corrected chi connectivity index (χ3v) is 4.42. The lowest BCUT2D eigenvalue weighted by Gasteiger charge is -2.56. The maximum Gasteiger partial charge on any atom is 0.408 e. The Morgan fingerprint density at radius 1 is 1.32 bits per heavy atom. The van der Waals surface area contributed by atoms with Crippen LogP contribution in [0.15, 0.2) is 30.3 Å². The minimum absolute atomic E-state index is 0.0833. The molecule has 0 atom stereocenters. The summed E-state index contributed by atoms with van der Waals surface area (Å²) in [6, 6.07) is 10.5. The van der Waals surface area contributed by atoms with Crippen molar-refractivity contribution in [2.75, 3.05) is 13.1 Å². The molecule has 0 spiro atoms. The van der Waals surface area contributed by atoms with E-state index in [0.717, 1.165) is 32.5 Å². The Labute approximate surface area is 132 Å². The van der Waals surface area contributed by atoms with Crippen molar-refractivity contribution in [2.24, 2.45) is 5.92 Å². The maximum atomic E-state index is 12.1. The lowest BCUT2D eigenvalue weighted by Crippen LogP contribution is -2.68. The fourth-order valence-corrected chi connectivity index (χ4v) is 3.79. The number of hydrogen-bond donors (Lipinski definition) is 1. The van der Waals surface area contributed by atoms with E-state index in [4.69, 9.17) is 4.74 Å². The predicted octanol–water partition coefficient (Wildman–Crippen LogP) is 3.18. The van der Waals surface area contributed by atoms with Gasteiger partial charge in [-0.2, -0.15) is 0 Å². The van der Waals surface area contributed by atoms with Crippen LogP contribution >= 0.6 is 0 Å². The van der Waals surface area contributed by atoms with Crippen molar-refractivity contribution in [3.8, 4) is 0 Å². The van der Waals surface area contributed by atoms with Gasteiger partial charge in [-0.15, -0.1) is 0 Å². The van der Waals surface area contributed by atoms with Crippen LogP contribution in [0.5, 0.6) is 0 Å². The Kier molecular flexibility index (Phi) is 3.89. The van der Waals surface area contributed by atoms with E-state index < -0.39 is 5.60 Å². The number of carbonyl (C=O) groups is 1. The lowest BCUT2D eigenvalue weighted by molar-refractivity contribution is -0.0324. The molecule has 1 amide bonds. The zero-order valence-corrected chi connectivity index (χ0v) is 13.8. The molecular formula is C18H26N2O2. The summed E-state index contributed by atoms with van der Waals surface area (Å²) < 4.78 is 5.42. The van der Waals surface area contributed by atoms with E-state index >= 15 is 0 Å². The second-order valence-corrected chi connectivity index (χ2v) is 7.84. The molecule has 4 rings (SSSR count). The van der Waals surface area contributed by atoms with Crippen molar-refractivity contribution in [2.45, 2.75) is 51.3 Å². The van der Waals surface area contributed by atoms with Crippen molar-refractivity contribution in [3.05, 3.63) is 35.9 Å². The third kappa shape index (κ3) is 3.61. The second kappa shape index (κ2) is 5.58. The van der Waals surface area contributed by atoms with Gasteiger partial charge in [0.25, 0.3) is 0 Å². The van der Waals surface area contributed by atoms with Gasteiger partial charge in [0, 0.05) is 19.6 Å². The monoisotopic (exact) mass is 302 g/mol. The van der Waals surface area contributed by atoms with E-state index in [1.54, 1.807) is 0 Å². The molecule has 2 bridgehead atoms. The molecule has 0 unspecified atom stereocenters. The lowest BCUT2D eigenvalue weighted by atomic mass is 9.64. The predicted molar refractivity (Wildman–Crippen MR) is 86.5 cm³/mol. The van der Waals surface area contributed by atoms with Gasteiger partial charge in [0.1, 0.15) is 5.60 Å². The summed E-state index contributed by atoms with van der Waals surface area (Å²) in [5.74, 6) is 0.701. The number of ether oxygens (including phenoxy) is 1. The molecule has 3 aliphatic rings. The smallest absolute Gasteiger partial charge is 0.408 e. The molecule has 0 aromatic heterocycles. The van der Waals surface area contributed by atoms with Crippen LogP contribution in [-0.4, -0.2) is 35.2 Å². The topological polar surface area (TPSA) is 41.6 Å². The first kappa shape index (κ1) is 15.3. The molecule has 2 aliphatic heterocycles. The number of carbonyl (C=O) groups excluding carboxylic acids is 1. The largest absolute Gasteiger partial charge is 0.444 e. The molecule has 1 aromatic carbocycles. The van der Waals surface area contributed by atoms with Gasteiger partial charge in [0.2, 0.25) is 0 Å². The van der Waals surface area contributed by atoms with Gasteiger partial charge in [-0.1, -0.05) is 30.3 Å². The van der Waals surface area contributed by atoms with E-state index in [-0.39, 0.29) is 11.6 Å². The Bertz CT molecular complexity index is 530. The molecule has 1 aliphatic carbocycles. The van der Waals surface area contributed by atoms with Crippen LogP contribution in [-0.2, 0) is 11.3 Å². The van der Waals surface area contributed by atoms with Crippen molar-refractivity contribution in [1.82, 2.24) is 10.2 Å². The number of benzene rings is 1. The van der Waals surface area contributed by atoms with Crippen LogP contribution in [0.3, 0.4) is 0 Å². The molecule has 0 radical (unpaired) electrons.